The SMILES string of the molecule is Cc1ccnn1-c1ccc(C#N)c(Cl)c1. The zero-order chi connectivity index (χ0) is 10.8. The van der Waals surface area contributed by atoms with Crippen molar-refractivity contribution in [2.24, 2.45) is 0 Å². The van der Waals surface area contributed by atoms with Gasteiger partial charge in [-0.1, -0.05) is 11.6 Å². The molecule has 0 saturated carbocycles. The van der Waals surface area contributed by atoms with Crippen molar-refractivity contribution in [1.82, 2.24) is 9.78 Å². The Bertz CT molecular complexity index is 537. The van der Waals surface area contributed by atoms with Crippen molar-refractivity contribution < 1.29 is 0 Å². The van der Waals surface area contributed by atoms with Gasteiger partial charge in [0.25, 0.3) is 0 Å². The molecule has 0 aliphatic rings. The maximum atomic E-state index is 8.74. The van der Waals surface area contributed by atoms with Gasteiger partial charge in [-0.2, -0.15) is 10.4 Å². The zero-order valence-electron chi connectivity index (χ0n) is 8.11. The molecule has 15 heavy (non-hydrogen) atoms. The fourth-order valence-electron chi connectivity index (χ4n) is 1.37. The molecule has 1 aromatic heterocycles. The standard InChI is InChI=1S/C11H8ClN3/c1-8-4-5-14-15(8)10-3-2-9(7-13)11(12)6-10/h2-6H,1H3. The molecule has 0 aliphatic heterocycles. The zero-order valence-corrected chi connectivity index (χ0v) is 8.86. The summed E-state index contributed by atoms with van der Waals surface area (Å²) in [6, 6.07) is 9.18. The highest BCUT2D eigenvalue weighted by atomic mass is 35.5. The van der Waals surface area contributed by atoms with E-state index in [9.17, 15) is 0 Å². The van der Waals surface area contributed by atoms with Crippen molar-refractivity contribution >= 4 is 11.6 Å². The van der Waals surface area contributed by atoms with Crippen molar-refractivity contribution in [3.63, 3.8) is 0 Å². The van der Waals surface area contributed by atoms with Gasteiger partial charge in [-0.15, -0.1) is 0 Å². The van der Waals surface area contributed by atoms with Crippen LogP contribution in [-0.4, -0.2) is 9.78 Å². The summed E-state index contributed by atoms with van der Waals surface area (Å²) in [5.41, 5.74) is 2.36. The third kappa shape index (κ3) is 1.72. The minimum absolute atomic E-state index is 0.449. The summed E-state index contributed by atoms with van der Waals surface area (Å²) < 4.78 is 1.77. The van der Waals surface area contributed by atoms with Crippen molar-refractivity contribution in [2.75, 3.05) is 0 Å². The summed E-state index contributed by atoms with van der Waals surface area (Å²) in [5, 5.41) is 13.3. The number of nitriles is 1. The van der Waals surface area contributed by atoms with E-state index in [0.717, 1.165) is 11.4 Å². The van der Waals surface area contributed by atoms with Gasteiger partial charge in [0.05, 0.1) is 16.3 Å². The predicted octanol–water partition coefficient (Wildman–Crippen LogP) is 2.71. The molecule has 0 aliphatic carbocycles. The fraction of sp³-hybridized carbons (Fsp3) is 0.0909. The summed E-state index contributed by atoms with van der Waals surface area (Å²) in [6.45, 7) is 1.96. The van der Waals surface area contributed by atoms with Crippen LogP contribution in [0.15, 0.2) is 30.5 Å². The lowest BCUT2D eigenvalue weighted by Gasteiger charge is -2.05. The van der Waals surface area contributed by atoms with Gasteiger partial charge in [-0.05, 0) is 31.2 Å². The molecule has 0 radical (unpaired) electrons. The first-order valence-corrected chi connectivity index (χ1v) is 4.81. The molecule has 3 nitrogen and oxygen atoms in total. The second-order valence-corrected chi connectivity index (χ2v) is 3.57. The quantitative estimate of drug-likeness (QED) is 0.737. The van der Waals surface area contributed by atoms with E-state index < -0.39 is 0 Å². The molecule has 0 atom stereocenters. The topological polar surface area (TPSA) is 41.6 Å². The lowest BCUT2D eigenvalue weighted by Crippen LogP contribution is -1.98. The monoisotopic (exact) mass is 217 g/mol. The Morgan fingerprint density at radius 2 is 2.20 bits per heavy atom. The Morgan fingerprint density at radius 1 is 1.40 bits per heavy atom. The number of hydrogen-bond acceptors (Lipinski definition) is 2. The molecule has 0 N–H and O–H groups in total. The molecule has 4 heteroatoms. The van der Waals surface area contributed by atoms with E-state index >= 15 is 0 Å². The van der Waals surface area contributed by atoms with E-state index in [0.29, 0.717) is 10.6 Å². The first kappa shape index (κ1) is 9.75. The summed E-state index contributed by atoms with van der Waals surface area (Å²) in [6.07, 6.45) is 1.72. The van der Waals surface area contributed by atoms with Crippen LogP contribution in [0.5, 0.6) is 0 Å². The minimum atomic E-state index is 0.449. The lowest BCUT2D eigenvalue weighted by atomic mass is 10.2. The van der Waals surface area contributed by atoms with Gasteiger partial charge >= 0.3 is 0 Å². The molecule has 0 spiro atoms. The van der Waals surface area contributed by atoms with Crippen molar-refractivity contribution in [3.8, 4) is 11.8 Å². The van der Waals surface area contributed by atoms with Crippen molar-refractivity contribution in [1.29, 1.82) is 5.26 Å². The second-order valence-electron chi connectivity index (χ2n) is 3.16. The number of nitrogens with zero attached hydrogens (tertiary/aromatic N) is 3. The van der Waals surface area contributed by atoms with Crippen LogP contribution in [-0.2, 0) is 0 Å². The van der Waals surface area contributed by atoms with Gasteiger partial charge in [0, 0.05) is 11.9 Å². The van der Waals surface area contributed by atoms with Crippen molar-refractivity contribution in [2.45, 2.75) is 6.92 Å². The molecule has 1 heterocycles. The molecular formula is C11H8ClN3. The summed E-state index contributed by atoms with van der Waals surface area (Å²) in [5.74, 6) is 0. The van der Waals surface area contributed by atoms with E-state index in [1.165, 1.54) is 0 Å². The summed E-state index contributed by atoms with van der Waals surface area (Å²) in [7, 11) is 0. The van der Waals surface area contributed by atoms with Crippen LogP contribution in [0, 0.1) is 18.3 Å². The van der Waals surface area contributed by atoms with Gasteiger partial charge in [-0.25, -0.2) is 4.68 Å². The number of benzene rings is 1. The van der Waals surface area contributed by atoms with Crippen LogP contribution in [0.25, 0.3) is 5.69 Å². The molecule has 2 aromatic rings. The number of aromatic nitrogens is 2. The highest BCUT2D eigenvalue weighted by molar-refractivity contribution is 6.31. The highest BCUT2D eigenvalue weighted by Crippen LogP contribution is 2.19. The van der Waals surface area contributed by atoms with Gasteiger partial charge in [0.1, 0.15) is 6.07 Å². The van der Waals surface area contributed by atoms with E-state index in [4.69, 9.17) is 16.9 Å². The number of halogens is 1. The molecular weight excluding hydrogens is 210 g/mol. The van der Waals surface area contributed by atoms with Crippen LogP contribution < -0.4 is 0 Å². The largest absolute Gasteiger partial charge is 0.238 e. The Hall–Kier alpha value is -1.79. The molecule has 2 rings (SSSR count). The molecule has 0 unspecified atom stereocenters. The Balaban J connectivity index is 2.53. The number of rotatable bonds is 1. The maximum Gasteiger partial charge on any atom is 0.101 e. The highest BCUT2D eigenvalue weighted by Gasteiger charge is 2.04. The normalized spacial score (nSPS) is 9.93. The second kappa shape index (κ2) is 3.76. The Kier molecular flexibility index (Phi) is 2.44. The van der Waals surface area contributed by atoms with Crippen LogP contribution in [0.2, 0.25) is 5.02 Å². The fourth-order valence-corrected chi connectivity index (χ4v) is 1.58. The molecule has 0 saturated heterocycles. The van der Waals surface area contributed by atoms with E-state index in [1.54, 1.807) is 23.0 Å². The average molecular weight is 218 g/mol. The lowest BCUT2D eigenvalue weighted by molar-refractivity contribution is 0.847. The van der Waals surface area contributed by atoms with Crippen molar-refractivity contribution in [3.05, 3.63) is 46.7 Å². The van der Waals surface area contributed by atoms with Crippen LogP contribution >= 0.6 is 11.6 Å². The first-order valence-electron chi connectivity index (χ1n) is 4.43. The van der Waals surface area contributed by atoms with Gasteiger partial charge < -0.3 is 0 Å². The third-order valence-corrected chi connectivity index (χ3v) is 2.46. The van der Waals surface area contributed by atoms with Gasteiger partial charge in [0.15, 0.2) is 0 Å². The van der Waals surface area contributed by atoms with Gasteiger partial charge in [0.2, 0.25) is 0 Å². The van der Waals surface area contributed by atoms with Crippen LogP contribution in [0.3, 0.4) is 0 Å². The minimum Gasteiger partial charge on any atom is -0.238 e. The van der Waals surface area contributed by atoms with E-state index in [1.807, 2.05) is 25.1 Å². The summed E-state index contributed by atoms with van der Waals surface area (Å²) >= 11 is 5.94. The predicted molar refractivity (Wildman–Crippen MR) is 58.0 cm³/mol. The van der Waals surface area contributed by atoms with Gasteiger partial charge in [-0.3, -0.25) is 0 Å². The van der Waals surface area contributed by atoms with E-state index in [-0.39, 0.29) is 0 Å². The molecule has 0 fully saturated rings. The van der Waals surface area contributed by atoms with Crippen LogP contribution in [0.4, 0.5) is 0 Å². The smallest absolute Gasteiger partial charge is 0.101 e. The molecule has 74 valence electrons. The Labute approximate surface area is 92.5 Å². The molecule has 1 aromatic carbocycles. The van der Waals surface area contributed by atoms with Crippen LogP contribution in [0.1, 0.15) is 11.3 Å². The van der Waals surface area contributed by atoms with E-state index in [2.05, 4.69) is 5.10 Å². The average Bonchev–Trinajstić information content (AvgIpc) is 2.64. The maximum absolute atomic E-state index is 8.74. The number of aryl methyl sites for hydroxylation is 1. The first-order chi connectivity index (χ1) is 7.22. The Morgan fingerprint density at radius 3 is 2.73 bits per heavy atom. The molecule has 0 bridgehead atoms. The third-order valence-electron chi connectivity index (χ3n) is 2.15. The number of hydrogen-bond donors (Lipinski definition) is 0. The summed E-state index contributed by atoms with van der Waals surface area (Å²) in [4.78, 5) is 0. The molecule has 0 amide bonds.